The molecule has 1 aliphatic heterocycles. The molecule has 2 heterocycles. The number of nitrogens with zero attached hydrogens (tertiary/aromatic N) is 1. The van der Waals surface area contributed by atoms with Crippen LogP contribution in [0.4, 0.5) is 0 Å². The van der Waals surface area contributed by atoms with Crippen molar-refractivity contribution in [2.24, 2.45) is 0 Å². The van der Waals surface area contributed by atoms with Gasteiger partial charge in [-0.05, 0) is 18.9 Å². The summed E-state index contributed by atoms with van der Waals surface area (Å²) in [5.41, 5.74) is 1.36. The number of carbonyl (C=O) groups is 1. The summed E-state index contributed by atoms with van der Waals surface area (Å²) in [4.78, 5) is 14.4. The summed E-state index contributed by atoms with van der Waals surface area (Å²) in [6.45, 7) is 1.76. The Kier molecular flexibility index (Phi) is 4.22. The fraction of sp³-hybridized carbons (Fsp3) is 0.438. The van der Waals surface area contributed by atoms with Crippen LogP contribution in [0.1, 0.15) is 23.2 Å². The van der Waals surface area contributed by atoms with Crippen molar-refractivity contribution in [3.05, 3.63) is 36.1 Å². The Morgan fingerprint density at radius 1 is 1.33 bits per heavy atom. The van der Waals surface area contributed by atoms with E-state index in [-0.39, 0.29) is 18.6 Å². The van der Waals surface area contributed by atoms with Crippen LogP contribution in [0.2, 0.25) is 0 Å². The summed E-state index contributed by atoms with van der Waals surface area (Å²) in [7, 11) is 0. The van der Waals surface area contributed by atoms with Crippen molar-refractivity contribution in [1.82, 2.24) is 4.90 Å². The molecule has 0 aliphatic carbocycles. The summed E-state index contributed by atoms with van der Waals surface area (Å²) >= 11 is 0. The molecule has 1 aromatic carbocycles. The summed E-state index contributed by atoms with van der Waals surface area (Å²) in [6.07, 6.45) is 3.30. The first-order valence-corrected chi connectivity index (χ1v) is 7.27. The van der Waals surface area contributed by atoms with Gasteiger partial charge in [-0.15, -0.1) is 0 Å². The molecule has 1 N–H and O–H groups in total. The molecule has 1 amide bonds. The van der Waals surface area contributed by atoms with Crippen molar-refractivity contribution in [2.75, 3.05) is 26.3 Å². The van der Waals surface area contributed by atoms with E-state index in [1.165, 1.54) is 0 Å². The molecule has 1 fully saturated rings. The van der Waals surface area contributed by atoms with Crippen molar-refractivity contribution in [2.45, 2.75) is 18.9 Å². The fourth-order valence-electron chi connectivity index (χ4n) is 2.76. The predicted octanol–water partition coefficient (Wildman–Crippen LogP) is 2.05. The van der Waals surface area contributed by atoms with E-state index in [4.69, 9.17) is 14.3 Å². The number of fused-ring (bicyclic) bond motifs is 1. The van der Waals surface area contributed by atoms with Gasteiger partial charge in [0.1, 0.15) is 11.8 Å². The molecular weight excluding hydrogens is 270 g/mol. The standard InChI is InChI=1S/C16H19NO4/c18-9-10-20-12-5-7-17(8-6-12)16(19)14-11-21-15-4-2-1-3-13(14)15/h1-4,11-12,18H,5-10H2. The van der Waals surface area contributed by atoms with Gasteiger partial charge in [-0.3, -0.25) is 4.79 Å². The number of carbonyl (C=O) groups excluding carboxylic acids is 1. The second-order valence-electron chi connectivity index (χ2n) is 5.23. The van der Waals surface area contributed by atoms with Gasteiger partial charge >= 0.3 is 0 Å². The number of ether oxygens (including phenoxy) is 1. The van der Waals surface area contributed by atoms with Gasteiger partial charge in [-0.2, -0.15) is 0 Å². The molecule has 112 valence electrons. The van der Waals surface area contributed by atoms with Crippen LogP contribution in [0.25, 0.3) is 11.0 Å². The molecule has 5 heteroatoms. The average molecular weight is 289 g/mol. The first-order valence-electron chi connectivity index (χ1n) is 7.27. The van der Waals surface area contributed by atoms with Crippen molar-refractivity contribution < 1.29 is 19.1 Å². The molecule has 0 saturated carbocycles. The molecule has 1 aromatic heterocycles. The van der Waals surface area contributed by atoms with Gasteiger partial charge in [-0.1, -0.05) is 18.2 Å². The van der Waals surface area contributed by atoms with E-state index in [0.29, 0.717) is 25.3 Å². The second kappa shape index (κ2) is 6.28. The van der Waals surface area contributed by atoms with Crippen molar-refractivity contribution >= 4 is 16.9 Å². The van der Waals surface area contributed by atoms with Crippen LogP contribution in [0, 0.1) is 0 Å². The lowest BCUT2D eigenvalue weighted by molar-refractivity contribution is -0.00552. The molecule has 5 nitrogen and oxygen atoms in total. The molecule has 0 unspecified atom stereocenters. The maximum absolute atomic E-state index is 12.6. The number of benzene rings is 1. The van der Waals surface area contributed by atoms with E-state index < -0.39 is 0 Å². The fourth-order valence-corrected chi connectivity index (χ4v) is 2.76. The Morgan fingerprint density at radius 3 is 2.86 bits per heavy atom. The van der Waals surface area contributed by atoms with E-state index in [1.54, 1.807) is 6.26 Å². The first kappa shape index (κ1) is 14.1. The van der Waals surface area contributed by atoms with Gasteiger partial charge in [-0.25, -0.2) is 0 Å². The number of likely N-dealkylation sites (tertiary alicyclic amines) is 1. The Hall–Kier alpha value is -1.85. The van der Waals surface area contributed by atoms with Gasteiger partial charge in [0, 0.05) is 18.5 Å². The highest BCUT2D eigenvalue weighted by molar-refractivity contribution is 6.05. The number of rotatable bonds is 4. The number of furan rings is 1. The number of para-hydroxylation sites is 1. The highest BCUT2D eigenvalue weighted by Gasteiger charge is 2.25. The average Bonchev–Trinajstić information content (AvgIpc) is 2.97. The van der Waals surface area contributed by atoms with Gasteiger partial charge < -0.3 is 19.2 Å². The van der Waals surface area contributed by atoms with E-state index in [1.807, 2.05) is 29.2 Å². The maximum atomic E-state index is 12.6. The molecule has 0 radical (unpaired) electrons. The van der Waals surface area contributed by atoms with Crippen LogP contribution in [-0.2, 0) is 4.74 Å². The van der Waals surface area contributed by atoms with Crippen LogP contribution in [0.5, 0.6) is 0 Å². The minimum atomic E-state index is 0.0144. The Balaban J connectivity index is 1.67. The lowest BCUT2D eigenvalue weighted by atomic mass is 10.1. The Labute approximate surface area is 123 Å². The highest BCUT2D eigenvalue weighted by atomic mass is 16.5. The van der Waals surface area contributed by atoms with Gasteiger partial charge in [0.2, 0.25) is 0 Å². The molecule has 1 saturated heterocycles. The topological polar surface area (TPSA) is 62.9 Å². The quantitative estimate of drug-likeness (QED) is 0.935. The van der Waals surface area contributed by atoms with Crippen LogP contribution in [0.15, 0.2) is 34.9 Å². The van der Waals surface area contributed by atoms with Crippen LogP contribution in [0.3, 0.4) is 0 Å². The highest BCUT2D eigenvalue weighted by Crippen LogP contribution is 2.24. The number of piperidine rings is 1. The molecule has 21 heavy (non-hydrogen) atoms. The molecule has 2 aromatic rings. The molecule has 0 spiro atoms. The summed E-state index contributed by atoms with van der Waals surface area (Å²) in [5, 5.41) is 9.62. The number of aliphatic hydroxyl groups is 1. The molecule has 3 rings (SSSR count). The van der Waals surface area contributed by atoms with Gasteiger partial charge in [0.15, 0.2) is 0 Å². The number of hydrogen-bond donors (Lipinski definition) is 1. The van der Waals surface area contributed by atoms with E-state index in [2.05, 4.69) is 0 Å². The third-order valence-corrected chi connectivity index (χ3v) is 3.89. The number of amides is 1. The van der Waals surface area contributed by atoms with Crippen LogP contribution < -0.4 is 0 Å². The zero-order valence-electron chi connectivity index (χ0n) is 11.8. The van der Waals surface area contributed by atoms with Gasteiger partial charge in [0.05, 0.1) is 24.9 Å². The third-order valence-electron chi connectivity index (χ3n) is 3.89. The van der Waals surface area contributed by atoms with E-state index in [9.17, 15) is 4.79 Å². The summed E-state index contributed by atoms with van der Waals surface area (Å²) < 4.78 is 10.9. The third kappa shape index (κ3) is 2.94. The monoisotopic (exact) mass is 289 g/mol. The van der Waals surface area contributed by atoms with Crippen LogP contribution in [-0.4, -0.2) is 48.3 Å². The SMILES string of the molecule is O=C(c1coc2ccccc12)N1CCC(OCCO)CC1. The first-order chi connectivity index (χ1) is 10.3. The van der Waals surface area contributed by atoms with Crippen molar-refractivity contribution in [3.63, 3.8) is 0 Å². The number of hydrogen-bond acceptors (Lipinski definition) is 4. The predicted molar refractivity (Wildman–Crippen MR) is 78.2 cm³/mol. The summed E-state index contributed by atoms with van der Waals surface area (Å²) in [6, 6.07) is 7.57. The van der Waals surface area contributed by atoms with E-state index >= 15 is 0 Å². The maximum Gasteiger partial charge on any atom is 0.257 e. The second-order valence-corrected chi connectivity index (χ2v) is 5.23. The van der Waals surface area contributed by atoms with Crippen molar-refractivity contribution in [1.29, 1.82) is 0 Å². The van der Waals surface area contributed by atoms with Crippen LogP contribution >= 0.6 is 0 Å². The number of aliphatic hydroxyl groups excluding tert-OH is 1. The molecule has 0 bridgehead atoms. The largest absolute Gasteiger partial charge is 0.463 e. The Bertz CT molecular complexity index is 614. The zero-order valence-corrected chi connectivity index (χ0v) is 11.8. The van der Waals surface area contributed by atoms with E-state index in [0.717, 1.165) is 23.8 Å². The minimum Gasteiger partial charge on any atom is -0.463 e. The zero-order chi connectivity index (χ0) is 14.7. The van der Waals surface area contributed by atoms with Gasteiger partial charge in [0.25, 0.3) is 5.91 Å². The lowest BCUT2D eigenvalue weighted by Crippen LogP contribution is -2.41. The summed E-state index contributed by atoms with van der Waals surface area (Å²) in [5.74, 6) is 0.0144. The normalized spacial score (nSPS) is 16.5. The van der Waals surface area contributed by atoms with Crippen molar-refractivity contribution in [3.8, 4) is 0 Å². The molecular formula is C16H19NO4. The minimum absolute atomic E-state index is 0.0144. The molecule has 1 aliphatic rings. The smallest absolute Gasteiger partial charge is 0.257 e. The lowest BCUT2D eigenvalue weighted by Gasteiger charge is -2.31. The Morgan fingerprint density at radius 2 is 2.10 bits per heavy atom. The molecule has 0 atom stereocenters.